The van der Waals surface area contributed by atoms with Crippen molar-refractivity contribution in [3.8, 4) is 0 Å². The van der Waals surface area contributed by atoms with Gasteiger partial charge in [-0.05, 0) is 32.2 Å². The lowest BCUT2D eigenvalue weighted by Gasteiger charge is -2.29. The van der Waals surface area contributed by atoms with Crippen LogP contribution in [0.3, 0.4) is 0 Å². The van der Waals surface area contributed by atoms with Gasteiger partial charge >= 0.3 is 7.82 Å². The standard InChI is InChI=1S/C24H52N3O10P/c1-27(2,14-17-37-38(32,33)34-3)13-9-12-26-24(31)10-5-4-6-11-25-18-22(29)20-35-15-7-8-16-36-21-23(30)19-28/h22-23,25,28-30H,4-21H2,1-3H3,(H-,26,31,32,33)/p+1. The first-order valence-corrected chi connectivity index (χ1v) is 15.0. The van der Waals surface area contributed by atoms with E-state index in [0.29, 0.717) is 43.8 Å². The number of unbranched alkanes of at least 4 members (excludes halogenated alkanes) is 3. The molecular formula is C24H53N3O10P+. The molecule has 0 aliphatic carbocycles. The Morgan fingerprint density at radius 3 is 2.18 bits per heavy atom. The Morgan fingerprint density at radius 1 is 0.895 bits per heavy atom. The van der Waals surface area contributed by atoms with Crippen molar-refractivity contribution in [2.75, 3.05) is 93.6 Å². The summed E-state index contributed by atoms with van der Waals surface area (Å²) in [5.41, 5.74) is 0. The van der Waals surface area contributed by atoms with Gasteiger partial charge in [-0.15, -0.1) is 0 Å². The summed E-state index contributed by atoms with van der Waals surface area (Å²) in [6, 6.07) is 0. The number of hydrogen-bond donors (Lipinski definition) is 6. The van der Waals surface area contributed by atoms with Gasteiger partial charge in [0.25, 0.3) is 0 Å². The summed E-state index contributed by atoms with van der Waals surface area (Å²) >= 11 is 0. The smallest absolute Gasteiger partial charge is 0.394 e. The maximum absolute atomic E-state index is 12.0. The van der Waals surface area contributed by atoms with Crippen LogP contribution in [0.2, 0.25) is 0 Å². The first-order valence-electron chi connectivity index (χ1n) is 13.5. The molecule has 14 heteroatoms. The molecule has 0 fully saturated rings. The number of aliphatic hydroxyl groups is 3. The third-order valence-electron chi connectivity index (χ3n) is 5.74. The van der Waals surface area contributed by atoms with Crippen molar-refractivity contribution in [3.63, 3.8) is 0 Å². The van der Waals surface area contributed by atoms with Gasteiger partial charge in [-0.1, -0.05) is 6.42 Å². The molecule has 0 aromatic carbocycles. The van der Waals surface area contributed by atoms with E-state index in [1.165, 1.54) is 0 Å². The number of nitrogens with zero attached hydrogens (tertiary/aromatic N) is 1. The largest absolute Gasteiger partial charge is 0.472 e. The second-order valence-electron chi connectivity index (χ2n) is 9.93. The Balaban J connectivity index is 3.53. The van der Waals surface area contributed by atoms with Gasteiger partial charge < -0.3 is 44.8 Å². The minimum absolute atomic E-state index is 0.0368. The minimum Gasteiger partial charge on any atom is -0.394 e. The van der Waals surface area contributed by atoms with E-state index in [9.17, 15) is 19.4 Å². The lowest BCUT2D eigenvalue weighted by atomic mass is 10.2. The second-order valence-corrected chi connectivity index (χ2v) is 11.5. The number of nitrogens with one attached hydrogen (secondary N) is 2. The maximum Gasteiger partial charge on any atom is 0.472 e. The normalized spacial score (nSPS) is 15.2. The van der Waals surface area contributed by atoms with Gasteiger partial charge in [0.1, 0.15) is 19.3 Å². The van der Waals surface area contributed by atoms with E-state index in [1.807, 2.05) is 14.1 Å². The Labute approximate surface area is 228 Å². The number of hydrogen-bond acceptors (Lipinski definition) is 10. The molecule has 0 aliphatic rings. The molecule has 0 rings (SSSR count). The van der Waals surface area contributed by atoms with Crippen molar-refractivity contribution in [2.45, 2.75) is 57.2 Å². The highest BCUT2D eigenvalue weighted by atomic mass is 31.2. The highest BCUT2D eigenvalue weighted by Gasteiger charge is 2.21. The van der Waals surface area contributed by atoms with Gasteiger partial charge in [-0.3, -0.25) is 13.8 Å². The van der Waals surface area contributed by atoms with Gasteiger partial charge in [-0.2, -0.15) is 0 Å². The summed E-state index contributed by atoms with van der Waals surface area (Å²) in [5.74, 6) is 0.0368. The fourth-order valence-corrected chi connectivity index (χ4v) is 3.75. The predicted molar refractivity (Wildman–Crippen MR) is 144 cm³/mol. The second kappa shape index (κ2) is 23.0. The zero-order valence-electron chi connectivity index (χ0n) is 23.5. The van der Waals surface area contributed by atoms with E-state index in [4.69, 9.17) is 24.2 Å². The van der Waals surface area contributed by atoms with Gasteiger partial charge in [0.05, 0.1) is 46.6 Å². The van der Waals surface area contributed by atoms with Crippen LogP contribution in [-0.4, -0.2) is 136 Å². The van der Waals surface area contributed by atoms with Crippen molar-refractivity contribution >= 4 is 13.7 Å². The molecule has 3 unspecified atom stereocenters. The molecule has 0 radical (unpaired) electrons. The van der Waals surface area contributed by atoms with Gasteiger partial charge in [0, 0.05) is 46.3 Å². The lowest BCUT2D eigenvalue weighted by Crippen LogP contribution is -2.44. The topological polar surface area (TPSA) is 176 Å². The fraction of sp³-hybridized carbons (Fsp3) is 0.958. The Morgan fingerprint density at radius 2 is 1.55 bits per heavy atom. The first-order chi connectivity index (χ1) is 18.0. The molecule has 0 saturated carbocycles. The molecule has 38 heavy (non-hydrogen) atoms. The molecule has 3 atom stereocenters. The Kier molecular flexibility index (Phi) is 22.6. The predicted octanol–water partition coefficient (Wildman–Crippen LogP) is 0.0100. The molecule has 0 bridgehead atoms. The Hall–Kier alpha value is -0.700. The van der Waals surface area contributed by atoms with Gasteiger partial charge in [0.2, 0.25) is 5.91 Å². The van der Waals surface area contributed by atoms with Crippen molar-refractivity contribution < 1.29 is 52.6 Å². The zero-order chi connectivity index (χ0) is 28.7. The van der Waals surface area contributed by atoms with E-state index in [1.54, 1.807) is 0 Å². The summed E-state index contributed by atoms with van der Waals surface area (Å²) in [5, 5.41) is 33.9. The minimum atomic E-state index is -3.94. The Bertz CT molecular complexity index is 630. The number of amides is 1. The van der Waals surface area contributed by atoms with Crippen molar-refractivity contribution in [1.29, 1.82) is 0 Å². The number of ether oxygens (including phenoxy) is 2. The summed E-state index contributed by atoms with van der Waals surface area (Å²) in [6.07, 6.45) is 4.09. The summed E-state index contributed by atoms with van der Waals surface area (Å²) in [6.45, 7) is 4.37. The van der Waals surface area contributed by atoms with E-state index < -0.39 is 20.0 Å². The fourth-order valence-electron chi connectivity index (χ4n) is 3.33. The molecular weight excluding hydrogens is 521 g/mol. The monoisotopic (exact) mass is 574 g/mol. The number of carbonyl (C=O) groups excluding carboxylic acids is 1. The van der Waals surface area contributed by atoms with Crippen LogP contribution in [0.25, 0.3) is 0 Å². The molecule has 0 spiro atoms. The van der Waals surface area contributed by atoms with Crippen LogP contribution < -0.4 is 10.6 Å². The first kappa shape index (κ1) is 37.3. The van der Waals surface area contributed by atoms with Gasteiger partial charge in [-0.25, -0.2) is 4.57 Å². The van der Waals surface area contributed by atoms with E-state index in [2.05, 4.69) is 15.2 Å². The average Bonchev–Trinajstić information content (AvgIpc) is 2.87. The average molecular weight is 575 g/mol. The van der Waals surface area contributed by atoms with Crippen molar-refractivity contribution in [3.05, 3.63) is 0 Å². The molecule has 228 valence electrons. The van der Waals surface area contributed by atoms with Crippen LogP contribution in [0.4, 0.5) is 0 Å². The lowest BCUT2D eigenvalue weighted by molar-refractivity contribution is -0.890. The molecule has 0 heterocycles. The molecule has 13 nitrogen and oxygen atoms in total. The van der Waals surface area contributed by atoms with E-state index >= 15 is 0 Å². The number of phosphoric ester groups is 1. The third-order valence-corrected chi connectivity index (χ3v) is 6.71. The number of rotatable bonds is 27. The van der Waals surface area contributed by atoms with Crippen LogP contribution in [0.5, 0.6) is 0 Å². The molecule has 1 amide bonds. The molecule has 0 aromatic heterocycles. The maximum atomic E-state index is 12.0. The summed E-state index contributed by atoms with van der Waals surface area (Å²) in [7, 11) is 1.18. The molecule has 0 aromatic rings. The molecule has 0 saturated heterocycles. The van der Waals surface area contributed by atoms with Crippen LogP contribution in [0.15, 0.2) is 0 Å². The summed E-state index contributed by atoms with van der Waals surface area (Å²) in [4.78, 5) is 21.3. The molecule has 6 N–H and O–H groups in total. The van der Waals surface area contributed by atoms with Crippen LogP contribution in [-0.2, 0) is 27.9 Å². The number of quaternary nitrogens is 1. The highest BCUT2D eigenvalue weighted by molar-refractivity contribution is 7.47. The van der Waals surface area contributed by atoms with Gasteiger partial charge in [0.15, 0.2) is 0 Å². The quantitative estimate of drug-likeness (QED) is 0.0443. The zero-order valence-corrected chi connectivity index (χ0v) is 24.4. The number of aliphatic hydroxyl groups excluding tert-OH is 3. The van der Waals surface area contributed by atoms with E-state index in [-0.39, 0.29) is 32.3 Å². The number of carbonyl (C=O) groups is 1. The number of phosphoric acid groups is 1. The number of likely N-dealkylation sites (N-methyl/N-ethyl adjacent to an activating group) is 1. The van der Waals surface area contributed by atoms with Crippen LogP contribution >= 0.6 is 7.82 Å². The summed E-state index contributed by atoms with van der Waals surface area (Å²) < 4.78 is 31.8. The van der Waals surface area contributed by atoms with Crippen molar-refractivity contribution in [2.24, 2.45) is 0 Å². The third kappa shape index (κ3) is 24.3. The highest BCUT2D eigenvalue weighted by Crippen LogP contribution is 2.41. The van der Waals surface area contributed by atoms with Crippen molar-refractivity contribution in [1.82, 2.24) is 10.6 Å². The molecule has 0 aliphatic heterocycles. The van der Waals surface area contributed by atoms with E-state index in [0.717, 1.165) is 58.7 Å². The van der Waals surface area contributed by atoms with Crippen LogP contribution in [0, 0.1) is 0 Å². The van der Waals surface area contributed by atoms with Crippen LogP contribution in [0.1, 0.15) is 44.9 Å². The SMILES string of the molecule is COP(=O)(O)OCC[N+](C)(C)CCCNC(=O)CCCCCNCC(O)COCCCCOCC(O)CO.